The second kappa shape index (κ2) is 7.17. The predicted molar refractivity (Wildman–Crippen MR) is 87.7 cm³/mol. The Bertz CT molecular complexity index is 601. The SMILES string of the molecule is COCCn1ncc(Br)c1C(O)c1ccc(Br)c(Br)c1. The van der Waals surface area contributed by atoms with E-state index < -0.39 is 6.10 Å². The maximum absolute atomic E-state index is 10.6. The second-order valence-electron chi connectivity index (χ2n) is 4.17. The molecule has 0 fully saturated rings. The van der Waals surface area contributed by atoms with Crippen LogP contribution in [0.3, 0.4) is 0 Å². The van der Waals surface area contributed by atoms with E-state index in [1.54, 1.807) is 18.0 Å². The van der Waals surface area contributed by atoms with Gasteiger partial charge in [-0.05, 0) is 65.5 Å². The molecule has 0 amide bonds. The first-order chi connectivity index (χ1) is 9.54. The van der Waals surface area contributed by atoms with Crippen molar-refractivity contribution in [3.63, 3.8) is 0 Å². The lowest BCUT2D eigenvalue weighted by atomic mass is 10.1. The number of aromatic nitrogens is 2. The van der Waals surface area contributed by atoms with E-state index in [2.05, 4.69) is 52.9 Å². The number of benzene rings is 1. The summed E-state index contributed by atoms with van der Waals surface area (Å²) >= 11 is 10.3. The summed E-state index contributed by atoms with van der Waals surface area (Å²) in [6, 6.07) is 5.65. The molecule has 0 saturated carbocycles. The van der Waals surface area contributed by atoms with Crippen LogP contribution in [0, 0.1) is 0 Å². The first-order valence-electron chi connectivity index (χ1n) is 5.87. The maximum Gasteiger partial charge on any atom is 0.122 e. The fraction of sp³-hybridized carbons (Fsp3) is 0.308. The van der Waals surface area contributed by atoms with Crippen molar-refractivity contribution >= 4 is 47.8 Å². The monoisotopic (exact) mass is 466 g/mol. The molecule has 1 unspecified atom stereocenters. The summed E-state index contributed by atoms with van der Waals surface area (Å²) in [5, 5.41) is 14.8. The third-order valence-corrected chi connectivity index (χ3v) is 5.35. The zero-order chi connectivity index (χ0) is 14.7. The number of halogens is 3. The number of aliphatic hydroxyl groups is 1. The average Bonchev–Trinajstić information content (AvgIpc) is 2.80. The van der Waals surface area contributed by atoms with Gasteiger partial charge in [-0.1, -0.05) is 6.07 Å². The molecule has 1 heterocycles. The van der Waals surface area contributed by atoms with E-state index in [9.17, 15) is 5.11 Å². The molecule has 0 spiro atoms. The molecule has 7 heteroatoms. The van der Waals surface area contributed by atoms with Crippen LogP contribution in [-0.2, 0) is 11.3 Å². The molecule has 2 aromatic rings. The van der Waals surface area contributed by atoms with Gasteiger partial charge in [-0.25, -0.2) is 0 Å². The van der Waals surface area contributed by atoms with Gasteiger partial charge in [0.25, 0.3) is 0 Å². The van der Waals surface area contributed by atoms with Crippen molar-refractivity contribution in [3.05, 3.63) is 49.1 Å². The van der Waals surface area contributed by atoms with Crippen molar-refractivity contribution in [1.29, 1.82) is 0 Å². The Morgan fingerprint density at radius 3 is 2.65 bits per heavy atom. The average molecular weight is 469 g/mol. The molecule has 0 bridgehead atoms. The summed E-state index contributed by atoms with van der Waals surface area (Å²) in [5.41, 5.74) is 1.51. The van der Waals surface area contributed by atoms with Crippen LogP contribution < -0.4 is 0 Å². The molecule has 20 heavy (non-hydrogen) atoms. The Kier molecular flexibility index (Phi) is 5.80. The number of nitrogens with zero attached hydrogens (tertiary/aromatic N) is 2. The highest BCUT2D eigenvalue weighted by atomic mass is 79.9. The summed E-state index contributed by atoms with van der Waals surface area (Å²) in [7, 11) is 1.64. The van der Waals surface area contributed by atoms with Gasteiger partial charge in [0, 0.05) is 16.1 Å². The first-order valence-corrected chi connectivity index (χ1v) is 8.25. The van der Waals surface area contributed by atoms with Crippen LogP contribution in [-0.4, -0.2) is 28.6 Å². The van der Waals surface area contributed by atoms with Gasteiger partial charge in [0.2, 0.25) is 0 Å². The quantitative estimate of drug-likeness (QED) is 0.724. The van der Waals surface area contributed by atoms with Gasteiger partial charge < -0.3 is 9.84 Å². The third kappa shape index (κ3) is 3.51. The Morgan fingerprint density at radius 2 is 2.00 bits per heavy atom. The minimum Gasteiger partial charge on any atom is -0.383 e. The molecule has 2 rings (SSSR count). The predicted octanol–water partition coefficient (Wildman–Crippen LogP) is 3.90. The third-order valence-electron chi connectivity index (χ3n) is 2.86. The van der Waals surface area contributed by atoms with Gasteiger partial charge >= 0.3 is 0 Å². The fourth-order valence-corrected chi connectivity index (χ4v) is 3.00. The van der Waals surface area contributed by atoms with Crippen LogP contribution in [0.5, 0.6) is 0 Å². The lowest BCUT2D eigenvalue weighted by molar-refractivity contribution is 0.171. The normalized spacial score (nSPS) is 12.7. The van der Waals surface area contributed by atoms with Gasteiger partial charge in [-0.2, -0.15) is 5.10 Å². The highest BCUT2D eigenvalue weighted by Gasteiger charge is 2.20. The van der Waals surface area contributed by atoms with Crippen molar-refractivity contribution in [3.8, 4) is 0 Å². The summed E-state index contributed by atoms with van der Waals surface area (Å²) in [4.78, 5) is 0. The smallest absolute Gasteiger partial charge is 0.122 e. The van der Waals surface area contributed by atoms with E-state index in [0.29, 0.717) is 13.2 Å². The summed E-state index contributed by atoms with van der Waals surface area (Å²) < 4.78 is 9.42. The molecule has 1 aromatic heterocycles. The van der Waals surface area contributed by atoms with E-state index in [1.165, 1.54) is 0 Å². The van der Waals surface area contributed by atoms with Crippen molar-refractivity contribution in [2.24, 2.45) is 0 Å². The molecule has 0 aliphatic carbocycles. The number of ether oxygens (including phenoxy) is 1. The molecule has 1 N–H and O–H groups in total. The van der Waals surface area contributed by atoms with Gasteiger partial charge in [-0.3, -0.25) is 4.68 Å². The largest absolute Gasteiger partial charge is 0.383 e. The molecule has 0 saturated heterocycles. The first kappa shape index (κ1) is 16.2. The highest BCUT2D eigenvalue weighted by Crippen LogP contribution is 2.32. The van der Waals surface area contributed by atoms with Crippen molar-refractivity contribution in [2.75, 3.05) is 13.7 Å². The maximum atomic E-state index is 10.6. The number of hydrogen-bond donors (Lipinski definition) is 1. The Labute approximate surface area is 142 Å². The van der Waals surface area contributed by atoms with Crippen LogP contribution in [0.15, 0.2) is 37.8 Å². The molecule has 0 radical (unpaired) electrons. The Balaban J connectivity index is 2.34. The topological polar surface area (TPSA) is 47.3 Å². The Hall–Kier alpha value is -0.210. The summed E-state index contributed by atoms with van der Waals surface area (Å²) in [6.45, 7) is 1.13. The number of hydrogen-bond acceptors (Lipinski definition) is 3. The zero-order valence-corrected chi connectivity index (χ0v) is 15.4. The molecule has 108 valence electrons. The van der Waals surface area contributed by atoms with E-state index >= 15 is 0 Å². The van der Waals surface area contributed by atoms with Crippen molar-refractivity contribution in [2.45, 2.75) is 12.6 Å². The number of rotatable bonds is 5. The lowest BCUT2D eigenvalue weighted by Crippen LogP contribution is -2.13. The van der Waals surface area contributed by atoms with Crippen LogP contribution in [0.4, 0.5) is 0 Å². The standard InChI is InChI=1S/C13H13Br3N2O2/c1-20-5-4-18-12(11(16)7-17-18)13(19)8-2-3-9(14)10(15)6-8/h2-3,6-7,13,19H,4-5H2,1H3. The van der Waals surface area contributed by atoms with Crippen LogP contribution >= 0.6 is 47.8 Å². The minimum atomic E-state index is -0.756. The highest BCUT2D eigenvalue weighted by molar-refractivity contribution is 9.13. The molecular weight excluding hydrogens is 456 g/mol. The van der Waals surface area contributed by atoms with Crippen LogP contribution in [0.1, 0.15) is 17.4 Å². The van der Waals surface area contributed by atoms with E-state index in [0.717, 1.165) is 24.7 Å². The fourth-order valence-electron chi connectivity index (χ4n) is 1.84. The van der Waals surface area contributed by atoms with Gasteiger partial charge in [0.05, 0.1) is 29.5 Å². The molecular formula is C13H13Br3N2O2. The Morgan fingerprint density at radius 1 is 1.25 bits per heavy atom. The van der Waals surface area contributed by atoms with E-state index in [-0.39, 0.29) is 0 Å². The molecule has 0 aliphatic rings. The molecule has 1 atom stereocenters. The van der Waals surface area contributed by atoms with Crippen molar-refractivity contribution < 1.29 is 9.84 Å². The summed E-state index contributed by atoms with van der Waals surface area (Å²) in [5.74, 6) is 0. The molecule has 0 aliphatic heterocycles. The molecule has 1 aromatic carbocycles. The number of methoxy groups -OCH3 is 1. The molecule has 4 nitrogen and oxygen atoms in total. The van der Waals surface area contributed by atoms with Gasteiger partial charge in [0.15, 0.2) is 0 Å². The minimum absolute atomic E-state index is 0.540. The van der Waals surface area contributed by atoms with Crippen molar-refractivity contribution in [1.82, 2.24) is 9.78 Å². The van der Waals surface area contributed by atoms with Crippen LogP contribution in [0.2, 0.25) is 0 Å². The number of aliphatic hydroxyl groups excluding tert-OH is 1. The van der Waals surface area contributed by atoms with Gasteiger partial charge in [-0.15, -0.1) is 0 Å². The van der Waals surface area contributed by atoms with E-state index in [1.807, 2.05) is 18.2 Å². The van der Waals surface area contributed by atoms with Gasteiger partial charge in [0.1, 0.15) is 6.10 Å². The summed E-state index contributed by atoms with van der Waals surface area (Å²) in [6.07, 6.45) is 0.926. The van der Waals surface area contributed by atoms with E-state index in [4.69, 9.17) is 4.74 Å². The zero-order valence-electron chi connectivity index (χ0n) is 10.7. The second-order valence-corrected chi connectivity index (χ2v) is 6.73. The lowest BCUT2D eigenvalue weighted by Gasteiger charge is -2.15. The van der Waals surface area contributed by atoms with Crippen LogP contribution in [0.25, 0.3) is 0 Å².